The topological polar surface area (TPSA) is 79.0 Å². The minimum absolute atomic E-state index is 0.122. The number of nitrogens with one attached hydrogen (secondary N) is 1. The first-order chi connectivity index (χ1) is 11.0. The van der Waals surface area contributed by atoms with Crippen molar-refractivity contribution in [3.05, 3.63) is 0 Å². The number of hydrogen-bond donors (Lipinski definition) is 1. The van der Waals surface area contributed by atoms with Crippen molar-refractivity contribution in [2.75, 3.05) is 19.6 Å². The first kappa shape index (κ1) is 17.9. The van der Waals surface area contributed by atoms with Crippen LogP contribution < -0.4 is 5.32 Å². The van der Waals surface area contributed by atoms with Gasteiger partial charge in [0.2, 0.25) is 0 Å². The molecule has 0 aromatic heterocycles. The number of carbonyl (C=O) groups excluding carboxylic acids is 3. The third kappa shape index (κ3) is 5.00. The molecule has 23 heavy (non-hydrogen) atoms. The number of imide groups is 1. The minimum Gasteiger partial charge on any atom is -0.330 e. The third-order valence-electron chi connectivity index (χ3n) is 4.63. The van der Waals surface area contributed by atoms with Gasteiger partial charge in [-0.05, 0) is 26.7 Å². The Labute approximate surface area is 137 Å². The zero-order chi connectivity index (χ0) is 16.8. The van der Waals surface area contributed by atoms with E-state index in [4.69, 9.17) is 4.84 Å². The Kier molecular flexibility index (Phi) is 6.53. The Bertz CT molecular complexity index is 429. The van der Waals surface area contributed by atoms with Gasteiger partial charge >= 0.3 is 5.97 Å². The number of nitrogens with zero attached hydrogens (tertiary/aromatic N) is 2. The van der Waals surface area contributed by atoms with E-state index < -0.39 is 17.8 Å². The van der Waals surface area contributed by atoms with Gasteiger partial charge in [0, 0.05) is 44.6 Å². The maximum atomic E-state index is 11.6. The van der Waals surface area contributed by atoms with Gasteiger partial charge in [-0.2, -0.15) is 0 Å². The molecule has 2 unspecified atom stereocenters. The number of piperidine rings is 1. The molecule has 2 atom stereocenters. The average Bonchev–Trinajstić information content (AvgIpc) is 2.81. The highest BCUT2D eigenvalue weighted by molar-refractivity contribution is 6.01. The van der Waals surface area contributed by atoms with Crippen molar-refractivity contribution in [1.82, 2.24) is 15.3 Å². The monoisotopic (exact) mass is 325 g/mol. The molecule has 0 spiro atoms. The number of hydrogen-bond acceptors (Lipinski definition) is 6. The van der Waals surface area contributed by atoms with Crippen LogP contribution in [0.1, 0.15) is 52.4 Å². The predicted octanol–water partition coefficient (Wildman–Crippen LogP) is 0.836. The summed E-state index contributed by atoms with van der Waals surface area (Å²) in [4.78, 5) is 41.6. The Hall–Kier alpha value is -1.47. The van der Waals surface area contributed by atoms with Gasteiger partial charge in [-0.3, -0.25) is 14.5 Å². The van der Waals surface area contributed by atoms with E-state index in [1.54, 1.807) is 0 Å². The summed E-state index contributed by atoms with van der Waals surface area (Å²) in [7, 11) is 0. The molecule has 1 N–H and O–H groups in total. The van der Waals surface area contributed by atoms with Gasteiger partial charge in [0.05, 0.1) is 6.42 Å². The largest absolute Gasteiger partial charge is 0.334 e. The van der Waals surface area contributed by atoms with E-state index in [-0.39, 0.29) is 19.3 Å². The maximum absolute atomic E-state index is 11.6. The lowest BCUT2D eigenvalue weighted by atomic mass is 9.98. The summed E-state index contributed by atoms with van der Waals surface area (Å²) in [5, 5.41) is 3.82. The molecule has 0 saturated carbocycles. The van der Waals surface area contributed by atoms with E-state index in [2.05, 4.69) is 24.1 Å². The van der Waals surface area contributed by atoms with Gasteiger partial charge in [0.25, 0.3) is 11.8 Å². The highest BCUT2D eigenvalue weighted by Gasteiger charge is 2.32. The number of likely N-dealkylation sites (tertiary alicyclic amines) is 1. The molecule has 0 aromatic carbocycles. The molecule has 0 radical (unpaired) electrons. The fraction of sp³-hybridized carbons (Fsp3) is 0.812. The van der Waals surface area contributed by atoms with Crippen molar-refractivity contribution in [3.63, 3.8) is 0 Å². The molecular weight excluding hydrogens is 298 g/mol. The van der Waals surface area contributed by atoms with E-state index in [0.29, 0.717) is 23.7 Å². The molecular formula is C16H27N3O4. The summed E-state index contributed by atoms with van der Waals surface area (Å²) >= 11 is 0. The molecule has 0 aromatic rings. The van der Waals surface area contributed by atoms with E-state index in [0.717, 1.165) is 13.1 Å². The van der Waals surface area contributed by atoms with Crippen LogP contribution in [0.4, 0.5) is 0 Å². The first-order valence-electron chi connectivity index (χ1n) is 8.52. The van der Waals surface area contributed by atoms with Gasteiger partial charge in [0.1, 0.15) is 0 Å². The van der Waals surface area contributed by atoms with Crippen LogP contribution in [0.3, 0.4) is 0 Å². The lowest BCUT2D eigenvalue weighted by Gasteiger charge is -2.39. The molecule has 130 valence electrons. The van der Waals surface area contributed by atoms with E-state index in [1.165, 1.54) is 19.3 Å². The third-order valence-corrected chi connectivity index (χ3v) is 4.63. The minimum atomic E-state index is -0.555. The molecule has 2 aliphatic heterocycles. The quantitative estimate of drug-likeness (QED) is 0.552. The summed E-state index contributed by atoms with van der Waals surface area (Å²) in [5.74, 6) is -1.44. The molecule has 7 nitrogen and oxygen atoms in total. The molecule has 2 rings (SSSR count). The van der Waals surface area contributed by atoms with Crippen LogP contribution in [0.15, 0.2) is 0 Å². The van der Waals surface area contributed by atoms with Crippen LogP contribution in [0.25, 0.3) is 0 Å². The van der Waals surface area contributed by atoms with Crippen LogP contribution in [-0.2, 0) is 19.2 Å². The molecule has 2 heterocycles. The second-order valence-electron chi connectivity index (χ2n) is 6.41. The number of amides is 2. The molecule has 7 heteroatoms. The van der Waals surface area contributed by atoms with Gasteiger partial charge in [0.15, 0.2) is 0 Å². The van der Waals surface area contributed by atoms with E-state index in [9.17, 15) is 14.4 Å². The summed E-state index contributed by atoms with van der Waals surface area (Å²) in [6.45, 7) is 6.77. The van der Waals surface area contributed by atoms with Crippen molar-refractivity contribution in [2.24, 2.45) is 0 Å². The van der Waals surface area contributed by atoms with E-state index >= 15 is 0 Å². The smallest absolute Gasteiger partial charge is 0.330 e. The maximum Gasteiger partial charge on any atom is 0.334 e. The molecule has 0 bridgehead atoms. The number of hydroxylamine groups is 2. The van der Waals surface area contributed by atoms with Gasteiger partial charge < -0.3 is 10.2 Å². The fourth-order valence-electron chi connectivity index (χ4n) is 3.24. The van der Waals surface area contributed by atoms with Gasteiger partial charge in [-0.1, -0.05) is 6.42 Å². The SMILES string of the molecule is CC1CCCC(C)N1CCNCCC(=O)ON1C(=O)CCC1=O. The fourth-order valence-corrected chi connectivity index (χ4v) is 3.24. The summed E-state index contributed by atoms with van der Waals surface area (Å²) in [6, 6.07) is 1.22. The van der Waals surface area contributed by atoms with Crippen molar-refractivity contribution >= 4 is 17.8 Å². The highest BCUT2D eigenvalue weighted by Crippen LogP contribution is 2.21. The van der Waals surface area contributed by atoms with Crippen LogP contribution >= 0.6 is 0 Å². The molecule has 2 saturated heterocycles. The lowest BCUT2D eigenvalue weighted by Crippen LogP contribution is -2.46. The Morgan fingerprint density at radius 3 is 2.35 bits per heavy atom. The van der Waals surface area contributed by atoms with Crippen molar-refractivity contribution in [1.29, 1.82) is 0 Å². The Morgan fingerprint density at radius 2 is 1.74 bits per heavy atom. The predicted molar refractivity (Wildman–Crippen MR) is 84.1 cm³/mol. The molecule has 2 amide bonds. The zero-order valence-corrected chi connectivity index (χ0v) is 14.0. The number of rotatable bonds is 7. The lowest BCUT2D eigenvalue weighted by molar-refractivity contribution is -0.197. The van der Waals surface area contributed by atoms with Crippen LogP contribution in [0, 0.1) is 0 Å². The van der Waals surface area contributed by atoms with Crippen molar-refractivity contribution in [2.45, 2.75) is 64.5 Å². The van der Waals surface area contributed by atoms with Crippen LogP contribution in [0.5, 0.6) is 0 Å². The second-order valence-corrected chi connectivity index (χ2v) is 6.41. The van der Waals surface area contributed by atoms with Crippen molar-refractivity contribution in [3.8, 4) is 0 Å². The first-order valence-corrected chi connectivity index (χ1v) is 8.52. The van der Waals surface area contributed by atoms with Gasteiger partial charge in [-0.15, -0.1) is 5.06 Å². The zero-order valence-electron chi connectivity index (χ0n) is 14.0. The summed E-state index contributed by atoms with van der Waals surface area (Å²) in [5.41, 5.74) is 0. The molecule has 2 aliphatic rings. The standard InChI is InChI=1S/C16H27N3O4/c1-12-4-3-5-13(2)18(12)11-10-17-9-8-16(22)23-19-14(20)6-7-15(19)21/h12-13,17H,3-11H2,1-2H3. The second kappa shape index (κ2) is 8.40. The summed E-state index contributed by atoms with van der Waals surface area (Å²) in [6.07, 6.45) is 4.17. The number of carbonyl (C=O) groups is 3. The molecule has 0 aliphatic carbocycles. The van der Waals surface area contributed by atoms with Crippen molar-refractivity contribution < 1.29 is 19.2 Å². The molecule has 2 fully saturated rings. The van der Waals surface area contributed by atoms with E-state index in [1.807, 2.05) is 0 Å². The Balaban J connectivity index is 1.59. The van der Waals surface area contributed by atoms with Crippen LogP contribution in [0.2, 0.25) is 0 Å². The normalized spacial score (nSPS) is 25.9. The highest BCUT2D eigenvalue weighted by atomic mass is 16.7. The van der Waals surface area contributed by atoms with Gasteiger partial charge in [-0.25, -0.2) is 4.79 Å². The summed E-state index contributed by atoms with van der Waals surface area (Å²) < 4.78 is 0. The Morgan fingerprint density at radius 1 is 1.13 bits per heavy atom. The average molecular weight is 325 g/mol. The van der Waals surface area contributed by atoms with Crippen LogP contribution in [-0.4, -0.2) is 59.5 Å².